The molecule has 0 saturated carbocycles. The molecule has 1 atom stereocenters. The van der Waals surface area contributed by atoms with Gasteiger partial charge in [-0.15, -0.1) is 0 Å². The summed E-state index contributed by atoms with van der Waals surface area (Å²) < 4.78 is 0. The van der Waals surface area contributed by atoms with E-state index < -0.39 is 0 Å². The fourth-order valence-corrected chi connectivity index (χ4v) is 2.21. The molecule has 0 aliphatic rings. The van der Waals surface area contributed by atoms with E-state index in [1.54, 1.807) is 0 Å². The van der Waals surface area contributed by atoms with Gasteiger partial charge in [-0.05, 0) is 40.5 Å². The molecule has 1 rings (SSSR count). The number of hydrogen-bond acceptors (Lipinski definition) is 1. The Labute approximate surface area is 109 Å². The molecule has 0 bridgehead atoms. The third-order valence-electron chi connectivity index (χ3n) is 3.22. The summed E-state index contributed by atoms with van der Waals surface area (Å²) in [5, 5.41) is -0.253. The van der Waals surface area contributed by atoms with Crippen molar-refractivity contribution in [1.82, 2.24) is 0 Å². The first-order valence-electron chi connectivity index (χ1n) is 6.20. The highest BCUT2D eigenvalue weighted by Gasteiger charge is 2.18. The van der Waals surface area contributed by atoms with Crippen LogP contribution in [-0.4, -0.2) is 5.24 Å². The van der Waals surface area contributed by atoms with Crippen LogP contribution in [0.3, 0.4) is 0 Å². The molecule has 17 heavy (non-hydrogen) atoms. The van der Waals surface area contributed by atoms with Crippen molar-refractivity contribution in [2.45, 2.75) is 46.0 Å². The van der Waals surface area contributed by atoms with Crippen LogP contribution in [0.5, 0.6) is 0 Å². The van der Waals surface area contributed by atoms with Crippen molar-refractivity contribution in [1.29, 1.82) is 0 Å². The normalized spacial score (nSPS) is 13.1. The number of hydrogen-bond donors (Lipinski definition) is 0. The van der Waals surface area contributed by atoms with Crippen LogP contribution in [-0.2, 0) is 4.79 Å². The van der Waals surface area contributed by atoms with Gasteiger partial charge in [-0.1, -0.05) is 52.0 Å². The van der Waals surface area contributed by atoms with Crippen LogP contribution in [0, 0.1) is 5.92 Å². The Morgan fingerprint density at radius 2 is 1.53 bits per heavy atom. The Bertz CT molecular complexity index is 365. The minimum Gasteiger partial charge on any atom is -0.281 e. The lowest BCUT2D eigenvalue weighted by molar-refractivity contribution is -0.112. The third kappa shape index (κ3) is 4.16. The predicted molar refractivity (Wildman–Crippen MR) is 73.6 cm³/mol. The van der Waals surface area contributed by atoms with Gasteiger partial charge in [0.2, 0.25) is 5.24 Å². The molecule has 0 aliphatic carbocycles. The van der Waals surface area contributed by atoms with Gasteiger partial charge in [0.25, 0.3) is 0 Å². The molecule has 0 aromatic heterocycles. The van der Waals surface area contributed by atoms with E-state index in [2.05, 4.69) is 52.0 Å². The lowest BCUT2D eigenvalue weighted by Crippen LogP contribution is -2.10. The fourth-order valence-electron chi connectivity index (χ4n) is 2.04. The highest BCUT2D eigenvalue weighted by Crippen LogP contribution is 2.29. The largest absolute Gasteiger partial charge is 0.281 e. The molecule has 94 valence electrons. The Morgan fingerprint density at radius 3 is 1.88 bits per heavy atom. The molecule has 1 aromatic carbocycles. The van der Waals surface area contributed by atoms with E-state index in [1.165, 1.54) is 11.1 Å². The molecule has 1 aromatic rings. The van der Waals surface area contributed by atoms with Crippen molar-refractivity contribution in [2.75, 3.05) is 0 Å². The highest BCUT2D eigenvalue weighted by molar-refractivity contribution is 6.63. The second-order valence-corrected chi connectivity index (χ2v) is 5.65. The van der Waals surface area contributed by atoms with E-state index in [9.17, 15) is 4.79 Å². The summed E-state index contributed by atoms with van der Waals surface area (Å²) in [6.07, 6.45) is 0.417. The van der Waals surface area contributed by atoms with Crippen LogP contribution in [0.1, 0.15) is 57.1 Å². The summed E-state index contributed by atoms with van der Waals surface area (Å²) >= 11 is 5.51. The van der Waals surface area contributed by atoms with E-state index in [0.29, 0.717) is 18.3 Å². The molecule has 0 heterocycles. The van der Waals surface area contributed by atoms with Crippen LogP contribution in [0.2, 0.25) is 0 Å². The van der Waals surface area contributed by atoms with Gasteiger partial charge < -0.3 is 0 Å². The van der Waals surface area contributed by atoms with Crippen molar-refractivity contribution < 1.29 is 4.79 Å². The molecule has 0 amide bonds. The zero-order valence-electron chi connectivity index (χ0n) is 11.0. The molecule has 0 spiro atoms. The minimum absolute atomic E-state index is 0.223. The Balaban J connectivity index is 2.91. The average molecular weight is 253 g/mol. The van der Waals surface area contributed by atoms with Gasteiger partial charge >= 0.3 is 0 Å². The summed E-state index contributed by atoms with van der Waals surface area (Å²) in [5.41, 5.74) is 2.53. The molecule has 1 nitrogen and oxygen atoms in total. The number of carbonyl (C=O) groups is 1. The molecule has 0 N–H and O–H groups in total. The monoisotopic (exact) mass is 252 g/mol. The summed E-state index contributed by atoms with van der Waals surface area (Å²) in [7, 11) is 0. The maximum absolute atomic E-state index is 11.1. The average Bonchev–Trinajstić information content (AvgIpc) is 2.25. The summed E-state index contributed by atoms with van der Waals surface area (Å²) in [6.45, 7) is 8.61. The zero-order valence-corrected chi connectivity index (χ0v) is 11.8. The van der Waals surface area contributed by atoms with Crippen molar-refractivity contribution in [3.63, 3.8) is 0 Å². The third-order valence-corrected chi connectivity index (χ3v) is 3.37. The number of halogens is 1. The standard InChI is InChI=1S/C15H21ClO/c1-10(2)12-5-7-13(8-6-12)14(11(3)4)9-15(16)17/h5-8,10-11,14H,9H2,1-4H3. The molecule has 1 unspecified atom stereocenters. The van der Waals surface area contributed by atoms with Gasteiger partial charge in [0.15, 0.2) is 0 Å². The summed E-state index contributed by atoms with van der Waals surface area (Å²) in [6, 6.07) is 8.54. The second kappa shape index (κ2) is 6.20. The molecule has 0 aliphatic heterocycles. The van der Waals surface area contributed by atoms with E-state index in [0.717, 1.165) is 0 Å². The quantitative estimate of drug-likeness (QED) is 0.694. The van der Waals surface area contributed by atoms with Gasteiger partial charge in [0, 0.05) is 6.42 Å². The van der Waals surface area contributed by atoms with Crippen LogP contribution < -0.4 is 0 Å². The number of rotatable bonds is 5. The molecule has 2 heteroatoms. The molecule has 0 saturated heterocycles. The first-order chi connectivity index (χ1) is 7.91. The predicted octanol–water partition coefficient (Wildman–Crippen LogP) is 4.71. The molecular weight excluding hydrogens is 232 g/mol. The van der Waals surface area contributed by atoms with Crippen LogP contribution >= 0.6 is 11.6 Å². The summed E-state index contributed by atoms with van der Waals surface area (Å²) in [4.78, 5) is 11.1. The maximum atomic E-state index is 11.1. The fraction of sp³-hybridized carbons (Fsp3) is 0.533. The van der Waals surface area contributed by atoms with Crippen molar-refractivity contribution in [2.24, 2.45) is 5.92 Å². The van der Waals surface area contributed by atoms with Gasteiger partial charge in [0.05, 0.1) is 0 Å². The van der Waals surface area contributed by atoms with E-state index in [-0.39, 0.29) is 11.2 Å². The summed E-state index contributed by atoms with van der Waals surface area (Å²) in [5.74, 6) is 1.18. The van der Waals surface area contributed by atoms with Crippen molar-refractivity contribution >= 4 is 16.8 Å². The topological polar surface area (TPSA) is 17.1 Å². The second-order valence-electron chi connectivity index (χ2n) is 5.23. The zero-order chi connectivity index (χ0) is 13.0. The Kier molecular flexibility index (Phi) is 5.20. The van der Waals surface area contributed by atoms with Crippen LogP contribution in [0.25, 0.3) is 0 Å². The highest BCUT2D eigenvalue weighted by atomic mass is 35.5. The van der Waals surface area contributed by atoms with Gasteiger partial charge in [-0.3, -0.25) is 4.79 Å². The van der Waals surface area contributed by atoms with Gasteiger partial charge in [-0.25, -0.2) is 0 Å². The van der Waals surface area contributed by atoms with Gasteiger partial charge in [-0.2, -0.15) is 0 Å². The molecule has 0 fully saturated rings. The SMILES string of the molecule is CC(C)c1ccc(C(CC(=O)Cl)C(C)C)cc1. The number of benzene rings is 1. The van der Waals surface area contributed by atoms with Crippen molar-refractivity contribution in [3.05, 3.63) is 35.4 Å². The number of carbonyl (C=O) groups excluding carboxylic acids is 1. The van der Waals surface area contributed by atoms with E-state index in [4.69, 9.17) is 11.6 Å². The smallest absolute Gasteiger partial charge is 0.222 e. The first kappa shape index (κ1) is 14.2. The first-order valence-corrected chi connectivity index (χ1v) is 6.57. The molecule has 0 radical (unpaired) electrons. The maximum Gasteiger partial charge on any atom is 0.222 e. The lowest BCUT2D eigenvalue weighted by atomic mass is 9.85. The van der Waals surface area contributed by atoms with E-state index in [1.807, 2.05) is 0 Å². The van der Waals surface area contributed by atoms with Crippen molar-refractivity contribution in [3.8, 4) is 0 Å². The Hall–Kier alpha value is -0.820. The minimum atomic E-state index is -0.253. The molecular formula is C15H21ClO. The van der Waals surface area contributed by atoms with Crippen LogP contribution in [0.4, 0.5) is 0 Å². The van der Waals surface area contributed by atoms with Gasteiger partial charge in [0.1, 0.15) is 0 Å². The Morgan fingerprint density at radius 1 is 1.06 bits per heavy atom. The van der Waals surface area contributed by atoms with E-state index >= 15 is 0 Å². The van der Waals surface area contributed by atoms with Crippen LogP contribution in [0.15, 0.2) is 24.3 Å². The lowest BCUT2D eigenvalue weighted by Gasteiger charge is -2.20.